The minimum atomic E-state index is -0.843. The highest BCUT2D eigenvalue weighted by Gasteiger charge is 2.41. The second kappa shape index (κ2) is 12.6. The summed E-state index contributed by atoms with van der Waals surface area (Å²) in [6.07, 6.45) is 15.5. The second-order valence-electron chi connectivity index (χ2n) is 9.88. The van der Waals surface area contributed by atoms with Gasteiger partial charge in [-0.1, -0.05) is 85.0 Å². The van der Waals surface area contributed by atoms with Gasteiger partial charge in [0.2, 0.25) is 0 Å². The molecule has 2 rings (SSSR count). The summed E-state index contributed by atoms with van der Waals surface area (Å²) >= 11 is 0. The van der Waals surface area contributed by atoms with Crippen LogP contribution in [0.25, 0.3) is 0 Å². The topological polar surface area (TPSA) is 63.6 Å². The highest BCUT2D eigenvalue weighted by Crippen LogP contribution is 2.39. The Balaban J connectivity index is 1.77. The van der Waals surface area contributed by atoms with Gasteiger partial charge in [-0.3, -0.25) is 9.59 Å². The Morgan fingerprint density at radius 1 is 0.897 bits per heavy atom. The van der Waals surface area contributed by atoms with Crippen LogP contribution in [0.15, 0.2) is 0 Å². The number of carboxylic acids is 1. The predicted molar refractivity (Wildman–Crippen MR) is 117 cm³/mol. The van der Waals surface area contributed by atoms with Crippen molar-refractivity contribution >= 4 is 11.9 Å². The number of rotatable bonds is 11. The number of unbranched alkanes of at least 4 members (excludes halogenated alkanes) is 5. The number of carbonyl (C=O) groups excluding carboxylic acids is 1. The Kier molecular flexibility index (Phi) is 10.5. The zero-order chi connectivity index (χ0) is 21.2. The SMILES string of the molecule is CCCCCCCCC1CCCC(COC(=O)C2CCCC(C)C2C(=O)O)C1C. The third kappa shape index (κ3) is 7.29. The van der Waals surface area contributed by atoms with Crippen LogP contribution in [0.5, 0.6) is 0 Å². The standard InChI is InChI=1S/C25H44O4/c1-4-5-6-7-8-9-13-20-14-11-15-21(19(20)3)17-29-25(28)22-16-10-12-18(2)23(22)24(26)27/h18-23H,4-17H2,1-3H3,(H,26,27). The Labute approximate surface area is 178 Å². The molecule has 0 aromatic heterocycles. The molecule has 4 heteroatoms. The fraction of sp³-hybridized carbons (Fsp3) is 0.920. The average molecular weight is 409 g/mol. The molecule has 0 radical (unpaired) electrons. The maximum Gasteiger partial charge on any atom is 0.309 e. The van der Waals surface area contributed by atoms with Crippen molar-refractivity contribution in [1.82, 2.24) is 0 Å². The first-order valence-electron chi connectivity index (χ1n) is 12.3. The molecule has 29 heavy (non-hydrogen) atoms. The highest BCUT2D eigenvalue weighted by atomic mass is 16.5. The molecule has 168 valence electrons. The first-order valence-corrected chi connectivity index (χ1v) is 12.3. The second-order valence-corrected chi connectivity index (χ2v) is 9.88. The number of hydrogen-bond acceptors (Lipinski definition) is 3. The van der Waals surface area contributed by atoms with Crippen molar-refractivity contribution in [2.45, 2.75) is 104 Å². The zero-order valence-corrected chi connectivity index (χ0v) is 19.0. The summed E-state index contributed by atoms with van der Waals surface area (Å²) in [4.78, 5) is 24.4. The van der Waals surface area contributed by atoms with Crippen LogP contribution in [0.2, 0.25) is 0 Å². The number of esters is 1. The number of hydrogen-bond donors (Lipinski definition) is 1. The van der Waals surface area contributed by atoms with Crippen molar-refractivity contribution in [3.05, 3.63) is 0 Å². The molecule has 0 amide bonds. The maximum atomic E-state index is 12.7. The van der Waals surface area contributed by atoms with E-state index in [1.54, 1.807) is 0 Å². The normalized spacial score (nSPS) is 32.7. The molecule has 6 atom stereocenters. The number of carbonyl (C=O) groups is 2. The molecule has 2 saturated carbocycles. The lowest BCUT2D eigenvalue weighted by atomic mass is 9.71. The average Bonchev–Trinajstić information content (AvgIpc) is 2.70. The third-order valence-electron chi connectivity index (χ3n) is 7.81. The zero-order valence-electron chi connectivity index (χ0n) is 19.0. The van der Waals surface area contributed by atoms with E-state index in [4.69, 9.17) is 4.74 Å². The lowest BCUT2D eigenvalue weighted by molar-refractivity contribution is -0.163. The van der Waals surface area contributed by atoms with Crippen LogP contribution in [0.3, 0.4) is 0 Å². The largest absolute Gasteiger partial charge is 0.481 e. The molecule has 2 aliphatic rings. The van der Waals surface area contributed by atoms with Crippen molar-refractivity contribution in [2.24, 2.45) is 35.5 Å². The molecule has 1 N–H and O–H groups in total. The van der Waals surface area contributed by atoms with Crippen molar-refractivity contribution < 1.29 is 19.4 Å². The van der Waals surface area contributed by atoms with E-state index in [-0.39, 0.29) is 11.9 Å². The molecule has 0 spiro atoms. The lowest BCUT2D eigenvalue weighted by Crippen LogP contribution is -2.39. The molecule has 6 unspecified atom stereocenters. The van der Waals surface area contributed by atoms with Gasteiger partial charge in [-0.2, -0.15) is 0 Å². The summed E-state index contributed by atoms with van der Waals surface area (Å²) < 4.78 is 5.74. The summed E-state index contributed by atoms with van der Waals surface area (Å²) in [5.41, 5.74) is 0. The van der Waals surface area contributed by atoms with Crippen molar-refractivity contribution in [3.63, 3.8) is 0 Å². The molecule has 4 nitrogen and oxygen atoms in total. The molecular formula is C25H44O4. The Morgan fingerprint density at radius 3 is 2.28 bits per heavy atom. The molecule has 0 aromatic carbocycles. The number of ether oxygens (including phenoxy) is 1. The van der Waals surface area contributed by atoms with E-state index in [9.17, 15) is 14.7 Å². The maximum absolute atomic E-state index is 12.7. The summed E-state index contributed by atoms with van der Waals surface area (Å²) in [6.45, 7) is 7.02. The summed E-state index contributed by atoms with van der Waals surface area (Å²) in [5.74, 6) is -0.336. The van der Waals surface area contributed by atoms with Crippen LogP contribution in [0, 0.1) is 35.5 Å². The van der Waals surface area contributed by atoms with E-state index < -0.39 is 17.8 Å². The first kappa shape index (κ1) is 24.2. The van der Waals surface area contributed by atoms with E-state index in [2.05, 4.69) is 13.8 Å². The quantitative estimate of drug-likeness (QED) is 0.314. The smallest absolute Gasteiger partial charge is 0.309 e. The monoisotopic (exact) mass is 408 g/mol. The minimum absolute atomic E-state index is 0.0501. The Hall–Kier alpha value is -1.06. The van der Waals surface area contributed by atoms with Crippen LogP contribution in [-0.4, -0.2) is 23.7 Å². The molecular weight excluding hydrogens is 364 g/mol. The molecule has 0 aliphatic heterocycles. The van der Waals surface area contributed by atoms with Crippen LogP contribution in [0.4, 0.5) is 0 Å². The van der Waals surface area contributed by atoms with Gasteiger partial charge in [-0.05, 0) is 42.9 Å². The van der Waals surface area contributed by atoms with Gasteiger partial charge in [0.1, 0.15) is 0 Å². The number of carboxylic acid groups (broad SMARTS) is 1. The van der Waals surface area contributed by atoms with Gasteiger partial charge in [0.25, 0.3) is 0 Å². The van der Waals surface area contributed by atoms with Crippen molar-refractivity contribution in [2.75, 3.05) is 6.61 Å². The van der Waals surface area contributed by atoms with E-state index in [0.29, 0.717) is 24.9 Å². The van der Waals surface area contributed by atoms with Crippen LogP contribution < -0.4 is 0 Å². The molecule has 0 bridgehead atoms. The fourth-order valence-electron chi connectivity index (χ4n) is 5.77. The van der Waals surface area contributed by atoms with Crippen LogP contribution >= 0.6 is 0 Å². The van der Waals surface area contributed by atoms with Gasteiger partial charge in [0.15, 0.2) is 0 Å². The van der Waals surface area contributed by atoms with Gasteiger partial charge in [-0.15, -0.1) is 0 Å². The van der Waals surface area contributed by atoms with Crippen LogP contribution in [-0.2, 0) is 14.3 Å². The third-order valence-corrected chi connectivity index (χ3v) is 7.81. The van der Waals surface area contributed by atoms with Gasteiger partial charge in [0.05, 0.1) is 18.4 Å². The molecule has 2 fully saturated rings. The molecule has 0 saturated heterocycles. The predicted octanol–water partition coefficient (Wildman–Crippen LogP) is 6.47. The van der Waals surface area contributed by atoms with E-state index in [0.717, 1.165) is 25.2 Å². The lowest BCUT2D eigenvalue weighted by Gasteiger charge is -2.37. The molecule has 0 aromatic rings. The van der Waals surface area contributed by atoms with Crippen molar-refractivity contribution in [1.29, 1.82) is 0 Å². The summed E-state index contributed by atoms with van der Waals surface area (Å²) in [6, 6.07) is 0. The van der Waals surface area contributed by atoms with Crippen molar-refractivity contribution in [3.8, 4) is 0 Å². The minimum Gasteiger partial charge on any atom is -0.481 e. The highest BCUT2D eigenvalue weighted by molar-refractivity contribution is 5.81. The van der Waals surface area contributed by atoms with Gasteiger partial charge in [0, 0.05) is 0 Å². The van der Waals surface area contributed by atoms with E-state index in [1.807, 2.05) is 6.92 Å². The summed E-state index contributed by atoms with van der Waals surface area (Å²) in [7, 11) is 0. The van der Waals surface area contributed by atoms with E-state index >= 15 is 0 Å². The van der Waals surface area contributed by atoms with E-state index in [1.165, 1.54) is 57.8 Å². The van der Waals surface area contributed by atoms with Gasteiger partial charge < -0.3 is 9.84 Å². The molecule has 0 heterocycles. The Morgan fingerprint density at radius 2 is 1.55 bits per heavy atom. The van der Waals surface area contributed by atoms with Gasteiger partial charge in [-0.25, -0.2) is 0 Å². The first-order chi connectivity index (χ1) is 14.0. The summed E-state index contributed by atoms with van der Waals surface area (Å²) in [5, 5.41) is 9.56. The van der Waals surface area contributed by atoms with Crippen LogP contribution in [0.1, 0.15) is 104 Å². The fourth-order valence-corrected chi connectivity index (χ4v) is 5.77. The molecule has 2 aliphatic carbocycles. The Bertz CT molecular complexity index is 503. The number of aliphatic carboxylic acids is 1. The van der Waals surface area contributed by atoms with Gasteiger partial charge >= 0.3 is 11.9 Å².